The van der Waals surface area contributed by atoms with Gasteiger partial charge in [0.05, 0.1) is 0 Å². The maximum atomic E-state index is 12.1. The molecule has 0 fully saturated rings. The van der Waals surface area contributed by atoms with Gasteiger partial charge in [0.2, 0.25) is 5.91 Å². The van der Waals surface area contributed by atoms with Crippen LogP contribution < -0.4 is 11.0 Å². The molecular formula is C16H16N4O2. The van der Waals surface area contributed by atoms with Crippen LogP contribution in [-0.2, 0) is 17.9 Å². The highest BCUT2D eigenvalue weighted by molar-refractivity contribution is 5.75. The van der Waals surface area contributed by atoms with E-state index in [9.17, 15) is 9.59 Å². The summed E-state index contributed by atoms with van der Waals surface area (Å²) in [6.45, 7) is 2.34. The number of nitrogens with one attached hydrogen (secondary N) is 1. The van der Waals surface area contributed by atoms with Crippen LogP contribution in [0.1, 0.15) is 11.1 Å². The lowest BCUT2D eigenvalue weighted by Crippen LogP contribution is -2.32. The summed E-state index contributed by atoms with van der Waals surface area (Å²) < 4.78 is 2.58. The molecule has 6 nitrogen and oxygen atoms in total. The van der Waals surface area contributed by atoms with Crippen molar-refractivity contribution in [3.63, 3.8) is 0 Å². The highest BCUT2D eigenvalue weighted by Gasteiger charge is 2.10. The average molecular weight is 296 g/mol. The number of aryl methyl sites for hydroxylation is 1. The minimum Gasteiger partial charge on any atom is -0.350 e. The van der Waals surface area contributed by atoms with Crippen LogP contribution in [0.3, 0.4) is 0 Å². The van der Waals surface area contributed by atoms with E-state index in [1.165, 1.54) is 9.08 Å². The van der Waals surface area contributed by atoms with E-state index in [0.29, 0.717) is 12.2 Å². The minimum atomic E-state index is -0.318. The number of carbonyl (C=O) groups is 1. The topological polar surface area (TPSA) is 68.4 Å². The second-order valence-electron chi connectivity index (χ2n) is 5.13. The molecule has 1 N–H and O–H groups in total. The van der Waals surface area contributed by atoms with E-state index >= 15 is 0 Å². The van der Waals surface area contributed by atoms with Crippen LogP contribution in [0.5, 0.6) is 0 Å². The monoisotopic (exact) mass is 296 g/mol. The quantitative estimate of drug-likeness (QED) is 0.784. The van der Waals surface area contributed by atoms with Crippen molar-refractivity contribution in [3.05, 3.63) is 70.3 Å². The van der Waals surface area contributed by atoms with Gasteiger partial charge < -0.3 is 5.32 Å². The number of rotatable bonds is 4. The Hall–Kier alpha value is -2.89. The molecular weight excluding hydrogens is 280 g/mol. The van der Waals surface area contributed by atoms with Crippen molar-refractivity contribution in [2.75, 3.05) is 0 Å². The highest BCUT2D eigenvalue weighted by atomic mass is 16.2. The van der Waals surface area contributed by atoms with Gasteiger partial charge >= 0.3 is 5.69 Å². The second kappa shape index (κ2) is 5.85. The van der Waals surface area contributed by atoms with Gasteiger partial charge in [0.1, 0.15) is 6.54 Å². The van der Waals surface area contributed by atoms with Crippen molar-refractivity contribution in [3.8, 4) is 0 Å². The maximum absolute atomic E-state index is 12.1. The molecule has 6 heteroatoms. The molecule has 2 aromatic heterocycles. The normalized spacial score (nSPS) is 10.8. The van der Waals surface area contributed by atoms with Crippen molar-refractivity contribution in [1.29, 1.82) is 0 Å². The molecule has 3 aromatic rings. The molecule has 0 saturated heterocycles. The van der Waals surface area contributed by atoms with Gasteiger partial charge in [0.25, 0.3) is 0 Å². The zero-order valence-electron chi connectivity index (χ0n) is 12.2. The summed E-state index contributed by atoms with van der Waals surface area (Å²) in [6, 6.07) is 13.2. The first-order valence-corrected chi connectivity index (χ1v) is 7.00. The van der Waals surface area contributed by atoms with Crippen LogP contribution in [0.4, 0.5) is 0 Å². The van der Waals surface area contributed by atoms with Crippen LogP contribution >= 0.6 is 0 Å². The predicted molar refractivity (Wildman–Crippen MR) is 82.5 cm³/mol. The second-order valence-corrected chi connectivity index (χ2v) is 5.13. The Morgan fingerprint density at radius 3 is 2.86 bits per heavy atom. The van der Waals surface area contributed by atoms with Crippen molar-refractivity contribution < 1.29 is 4.79 Å². The average Bonchev–Trinajstić information content (AvgIpc) is 2.82. The fourth-order valence-electron chi connectivity index (χ4n) is 2.29. The lowest BCUT2D eigenvalue weighted by molar-refractivity contribution is -0.122. The highest BCUT2D eigenvalue weighted by Crippen LogP contribution is 2.03. The SMILES string of the molecule is Cc1cccc(CNC(=O)Cn2nc3ccccn3c2=O)c1. The molecule has 112 valence electrons. The van der Waals surface area contributed by atoms with Crippen molar-refractivity contribution in [1.82, 2.24) is 19.5 Å². The number of pyridine rings is 1. The molecule has 0 bridgehead atoms. The van der Waals surface area contributed by atoms with Crippen LogP contribution in [0.25, 0.3) is 5.65 Å². The number of nitrogens with zero attached hydrogens (tertiary/aromatic N) is 3. The van der Waals surface area contributed by atoms with Crippen LogP contribution in [0, 0.1) is 6.92 Å². The van der Waals surface area contributed by atoms with Crippen LogP contribution in [-0.4, -0.2) is 20.1 Å². The molecule has 0 unspecified atom stereocenters. The Morgan fingerprint density at radius 1 is 1.23 bits per heavy atom. The Labute approximate surface area is 127 Å². The molecule has 1 amide bonds. The van der Waals surface area contributed by atoms with E-state index in [1.807, 2.05) is 31.2 Å². The third kappa shape index (κ3) is 2.90. The molecule has 3 rings (SSSR count). The molecule has 0 aliphatic heterocycles. The Kier molecular flexibility index (Phi) is 3.74. The van der Waals surface area contributed by atoms with Crippen molar-refractivity contribution in [2.24, 2.45) is 0 Å². The largest absolute Gasteiger partial charge is 0.350 e. The number of aromatic nitrogens is 3. The van der Waals surface area contributed by atoms with E-state index in [4.69, 9.17) is 0 Å². The van der Waals surface area contributed by atoms with Gasteiger partial charge in [0.15, 0.2) is 5.65 Å². The molecule has 2 heterocycles. The Bertz CT molecular complexity index is 879. The fraction of sp³-hybridized carbons (Fsp3) is 0.188. The summed E-state index contributed by atoms with van der Waals surface area (Å²) >= 11 is 0. The van der Waals surface area contributed by atoms with E-state index in [0.717, 1.165) is 11.1 Å². The summed E-state index contributed by atoms with van der Waals surface area (Å²) in [4.78, 5) is 24.0. The Morgan fingerprint density at radius 2 is 2.09 bits per heavy atom. The molecule has 0 aliphatic rings. The molecule has 0 atom stereocenters. The van der Waals surface area contributed by atoms with Gasteiger partial charge in [-0.1, -0.05) is 35.9 Å². The third-order valence-corrected chi connectivity index (χ3v) is 3.35. The summed E-state index contributed by atoms with van der Waals surface area (Å²) in [5.74, 6) is -0.244. The predicted octanol–water partition coefficient (Wildman–Crippen LogP) is 1.12. The van der Waals surface area contributed by atoms with E-state index in [2.05, 4.69) is 10.4 Å². The Balaban J connectivity index is 1.68. The molecule has 0 aliphatic carbocycles. The molecule has 0 radical (unpaired) electrons. The number of hydrogen-bond acceptors (Lipinski definition) is 3. The van der Waals surface area contributed by atoms with Crippen LogP contribution in [0.2, 0.25) is 0 Å². The van der Waals surface area contributed by atoms with Gasteiger partial charge in [-0.25, -0.2) is 9.48 Å². The van der Waals surface area contributed by atoms with Gasteiger partial charge in [-0.05, 0) is 24.6 Å². The number of hydrogen-bond donors (Lipinski definition) is 1. The van der Waals surface area contributed by atoms with Crippen LogP contribution in [0.15, 0.2) is 53.5 Å². The number of fused-ring (bicyclic) bond motifs is 1. The summed E-state index contributed by atoms with van der Waals surface area (Å²) in [7, 11) is 0. The van der Waals surface area contributed by atoms with Gasteiger partial charge in [0, 0.05) is 12.7 Å². The molecule has 1 aromatic carbocycles. The number of benzene rings is 1. The van der Waals surface area contributed by atoms with Crippen molar-refractivity contribution in [2.45, 2.75) is 20.0 Å². The lowest BCUT2D eigenvalue weighted by Gasteiger charge is -2.05. The fourth-order valence-corrected chi connectivity index (χ4v) is 2.29. The zero-order chi connectivity index (χ0) is 15.5. The first kappa shape index (κ1) is 14.1. The standard InChI is InChI=1S/C16H16N4O2/c1-12-5-4-6-13(9-12)10-17-15(21)11-20-16(22)19-8-3-2-7-14(19)18-20/h2-9H,10-11H2,1H3,(H,17,21). The van der Waals surface area contributed by atoms with Gasteiger partial charge in [-0.3, -0.25) is 9.20 Å². The van der Waals surface area contributed by atoms with E-state index < -0.39 is 0 Å². The van der Waals surface area contributed by atoms with E-state index in [1.54, 1.807) is 24.4 Å². The third-order valence-electron chi connectivity index (χ3n) is 3.35. The number of carbonyl (C=O) groups excluding carboxylic acids is 1. The van der Waals surface area contributed by atoms with Gasteiger partial charge in [-0.2, -0.15) is 0 Å². The molecule has 0 saturated carbocycles. The number of amides is 1. The zero-order valence-corrected chi connectivity index (χ0v) is 12.2. The lowest BCUT2D eigenvalue weighted by atomic mass is 10.1. The summed E-state index contributed by atoms with van der Waals surface area (Å²) in [5, 5.41) is 6.93. The van der Waals surface area contributed by atoms with Crippen molar-refractivity contribution >= 4 is 11.6 Å². The maximum Gasteiger partial charge on any atom is 0.350 e. The first-order chi connectivity index (χ1) is 10.6. The molecule has 22 heavy (non-hydrogen) atoms. The van der Waals surface area contributed by atoms with Gasteiger partial charge in [-0.15, -0.1) is 5.10 Å². The minimum absolute atomic E-state index is 0.0909. The van der Waals surface area contributed by atoms with E-state index in [-0.39, 0.29) is 18.1 Å². The summed E-state index contributed by atoms with van der Waals surface area (Å²) in [6.07, 6.45) is 1.63. The summed E-state index contributed by atoms with van der Waals surface area (Å²) in [5.41, 5.74) is 2.37. The molecule has 0 spiro atoms. The first-order valence-electron chi connectivity index (χ1n) is 7.00. The smallest absolute Gasteiger partial charge is 0.350 e.